The minimum absolute atomic E-state index is 0.250. The maximum Gasteiger partial charge on any atom is 0.332 e. The van der Waals surface area contributed by atoms with Gasteiger partial charge in [0, 0.05) is 26.7 Å². The Hall–Kier alpha value is -1.89. The summed E-state index contributed by atoms with van der Waals surface area (Å²) in [6.45, 7) is 6.95. The Balaban J connectivity index is 2.13. The second-order valence-electron chi connectivity index (χ2n) is 7.23. The van der Waals surface area contributed by atoms with Gasteiger partial charge < -0.3 is 4.57 Å². The van der Waals surface area contributed by atoms with Gasteiger partial charge in [0.05, 0.1) is 6.54 Å². The lowest BCUT2D eigenvalue weighted by molar-refractivity contribution is 0.147. The monoisotopic (exact) mass is 347 g/mol. The normalized spacial score (nSPS) is 19.0. The minimum atomic E-state index is -0.324. The van der Waals surface area contributed by atoms with Crippen molar-refractivity contribution in [2.45, 2.75) is 65.1 Å². The quantitative estimate of drug-likeness (QED) is 0.824. The molecule has 1 aliphatic rings. The third kappa shape index (κ3) is 3.17. The van der Waals surface area contributed by atoms with E-state index in [0.717, 1.165) is 38.3 Å². The summed E-state index contributed by atoms with van der Waals surface area (Å²) in [6.07, 6.45) is 5.72. The smallest absolute Gasteiger partial charge is 0.321 e. The first-order chi connectivity index (χ1) is 12.0. The SMILES string of the molecule is CCCCn1c(CN2CCCC[C@@H]2C)nc2c1c(=O)n(C)c(=O)n2C. The molecule has 0 radical (unpaired) electrons. The van der Waals surface area contributed by atoms with Crippen molar-refractivity contribution in [3.63, 3.8) is 0 Å². The number of unbranched alkanes of at least 4 members (excludes halogenated alkanes) is 1. The van der Waals surface area contributed by atoms with Crippen LogP contribution in [0.4, 0.5) is 0 Å². The standard InChI is InChI=1S/C18H29N5O2/c1-5-6-11-23-14(12-22-10-8-7-9-13(22)2)19-16-15(23)17(24)21(4)18(25)20(16)3/h13H,5-12H2,1-4H3/t13-/m0/s1. The molecule has 1 aliphatic heterocycles. The van der Waals surface area contributed by atoms with E-state index in [0.29, 0.717) is 17.2 Å². The van der Waals surface area contributed by atoms with Crippen molar-refractivity contribution in [2.75, 3.05) is 6.54 Å². The van der Waals surface area contributed by atoms with E-state index in [1.165, 1.54) is 35.4 Å². The van der Waals surface area contributed by atoms with Crippen molar-refractivity contribution in [2.24, 2.45) is 14.1 Å². The maximum atomic E-state index is 12.7. The molecule has 0 spiro atoms. The van der Waals surface area contributed by atoms with Gasteiger partial charge in [0.2, 0.25) is 0 Å². The summed E-state index contributed by atoms with van der Waals surface area (Å²) in [5, 5.41) is 0. The topological polar surface area (TPSA) is 65.1 Å². The van der Waals surface area contributed by atoms with Crippen LogP contribution in [0.2, 0.25) is 0 Å². The van der Waals surface area contributed by atoms with E-state index >= 15 is 0 Å². The molecule has 2 aromatic heterocycles. The molecule has 7 nitrogen and oxygen atoms in total. The number of fused-ring (bicyclic) bond motifs is 1. The van der Waals surface area contributed by atoms with Crippen LogP contribution in [-0.2, 0) is 27.2 Å². The first-order valence-electron chi connectivity index (χ1n) is 9.34. The van der Waals surface area contributed by atoms with E-state index in [-0.39, 0.29) is 11.2 Å². The lowest BCUT2D eigenvalue weighted by Gasteiger charge is -2.33. The predicted octanol–water partition coefficient (Wildman–Crippen LogP) is 1.61. The Morgan fingerprint density at radius 3 is 2.60 bits per heavy atom. The summed E-state index contributed by atoms with van der Waals surface area (Å²) in [5.74, 6) is 0.899. The first kappa shape index (κ1) is 17.9. The summed E-state index contributed by atoms with van der Waals surface area (Å²) >= 11 is 0. The van der Waals surface area contributed by atoms with Gasteiger partial charge in [-0.1, -0.05) is 19.8 Å². The molecule has 7 heteroatoms. The zero-order valence-electron chi connectivity index (χ0n) is 15.8. The van der Waals surface area contributed by atoms with Crippen LogP contribution in [0.3, 0.4) is 0 Å². The second-order valence-corrected chi connectivity index (χ2v) is 7.23. The van der Waals surface area contributed by atoms with E-state index in [1.54, 1.807) is 7.05 Å². The minimum Gasteiger partial charge on any atom is -0.321 e. The van der Waals surface area contributed by atoms with Crippen molar-refractivity contribution in [1.29, 1.82) is 0 Å². The number of rotatable bonds is 5. The van der Waals surface area contributed by atoms with Crippen LogP contribution < -0.4 is 11.2 Å². The van der Waals surface area contributed by atoms with Crippen molar-refractivity contribution in [3.8, 4) is 0 Å². The van der Waals surface area contributed by atoms with E-state index in [2.05, 4.69) is 18.7 Å². The number of nitrogens with zero attached hydrogens (tertiary/aromatic N) is 5. The van der Waals surface area contributed by atoms with Crippen LogP contribution in [0.15, 0.2) is 9.59 Å². The fourth-order valence-corrected chi connectivity index (χ4v) is 3.74. The van der Waals surface area contributed by atoms with Gasteiger partial charge in [-0.2, -0.15) is 0 Å². The molecule has 1 saturated heterocycles. The molecular formula is C18H29N5O2. The Kier molecular flexibility index (Phi) is 5.13. The number of imidazole rings is 1. The van der Waals surface area contributed by atoms with Crippen molar-refractivity contribution in [1.82, 2.24) is 23.6 Å². The second kappa shape index (κ2) is 7.15. The molecular weight excluding hydrogens is 318 g/mol. The Labute approximate surface area is 147 Å². The van der Waals surface area contributed by atoms with Crippen LogP contribution in [0.5, 0.6) is 0 Å². The van der Waals surface area contributed by atoms with Gasteiger partial charge in [-0.15, -0.1) is 0 Å². The van der Waals surface area contributed by atoms with Crippen LogP contribution in [-0.4, -0.2) is 36.2 Å². The summed E-state index contributed by atoms with van der Waals surface area (Å²) in [7, 11) is 3.22. The largest absolute Gasteiger partial charge is 0.332 e. The third-order valence-corrected chi connectivity index (χ3v) is 5.45. The molecule has 0 amide bonds. The molecule has 1 fully saturated rings. The van der Waals surface area contributed by atoms with Gasteiger partial charge >= 0.3 is 5.69 Å². The lowest BCUT2D eigenvalue weighted by Crippen LogP contribution is -2.38. The molecule has 25 heavy (non-hydrogen) atoms. The highest BCUT2D eigenvalue weighted by Crippen LogP contribution is 2.21. The molecule has 0 unspecified atom stereocenters. The molecule has 0 N–H and O–H groups in total. The van der Waals surface area contributed by atoms with Crippen molar-refractivity contribution < 1.29 is 0 Å². The number of hydrogen-bond donors (Lipinski definition) is 0. The maximum absolute atomic E-state index is 12.7. The van der Waals surface area contributed by atoms with Crippen LogP contribution in [0.1, 0.15) is 51.8 Å². The van der Waals surface area contributed by atoms with Crippen LogP contribution in [0.25, 0.3) is 11.2 Å². The molecule has 2 aromatic rings. The highest BCUT2D eigenvalue weighted by Gasteiger charge is 2.23. The van der Waals surface area contributed by atoms with Crippen LogP contribution >= 0.6 is 0 Å². The van der Waals surface area contributed by atoms with Crippen molar-refractivity contribution in [3.05, 3.63) is 26.7 Å². The molecule has 138 valence electrons. The third-order valence-electron chi connectivity index (χ3n) is 5.45. The Morgan fingerprint density at radius 1 is 1.16 bits per heavy atom. The highest BCUT2D eigenvalue weighted by atomic mass is 16.2. The summed E-state index contributed by atoms with van der Waals surface area (Å²) in [5.41, 5.74) is 0.483. The molecule has 3 rings (SSSR count). The fraction of sp³-hybridized carbons (Fsp3) is 0.722. The van der Waals surface area contributed by atoms with Gasteiger partial charge in [0.1, 0.15) is 5.82 Å². The number of likely N-dealkylation sites (tertiary alicyclic amines) is 1. The highest BCUT2D eigenvalue weighted by molar-refractivity contribution is 5.71. The zero-order valence-corrected chi connectivity index (χ0v) is 15.8. The van der Waals surface area contributed by atoms with Crippen LogP contribution in [0, 0.1) is 0 Å². The molecule has 0 aliphatic carbocycles. The molecule has 0 bridgehead atoms. The summed E-state index contributed by atoms with van der Waals surface area (Å²) in [6, 6.07) is 0.528. The number of aromatic nitrogens is 4. The van der Waals surface area contributed by atoms with Gasteiger partial charge in [0.25, 0.3) is 5.56 Å². The molecule has 0 aromatic carbocycles. The van der Waals surface area contributed by atoms with E-state index in [4.69, 9.17) is 4.98 Å². The lowest BCUT2D eigenvalue weighted by atomic mass is 10.0. The predicted molar refractivity (Wildman–Crippen MR) is 98.8 cm³/mol. The van der Waals surface area contributed by atoms with E-state index in [1.807, 2.05) is 4.57 Å². The number of aryl methyl sites for hydroxylation is 2. The summed E-state index contributed by atoms with van der Waals surface area (Å²) in [4.78, 5) is 32.1. The van der Waals surface area contributed by atoms with E-state index in [9.17, 15) is 9.59 Å². The van der Waals surface area contributed by atoms with Gasteiger partial charge in [-0.3, -0.25) is 18.8 Å². The van der Waals surface area contributed by atoms with E-state index < -0.39 is 0 Å². The van der Waals surface area contributed by atoms with Gasteiger partial charge in [0.15, 0.2) is 11.2 Å². The Bertz CT molecular complexity index is 876. The van der Waals surface area contributed by atoms with Gasteiger partial charge in [-0.05, 0) is 32.7 Å². The van der Waals surface area contributed by atoms with Gasteiger partial charge in [-0.25, -0.2) is 9.78 Å². The zero-order chi connectivity index (χ0) is 18.1. The summed E-state index contributed by atoms with van der Waals surface area (Å²) < 4.78 is 4.71. The first-order valence-corrected chi connectivity index (χ1v) is 9.34. The molecule has 0 saturated carbocycles. The molecule has 3 heterocycles. The average Bonchev–Trinajstić information content (AvgIpc) is 2.96. The number of hydrogen-bond acceptors (Lipinski definition) is 4. The molecule has 1 atom stereocenters. The number of piperidine rings is 1. The van der Waals surface area contributed by atoms with Crippen molar-refractivity contribution >= 4 is 11.2 Å². The fourth-order valence-electron chi connectivity index (χ4n) is 3.74. The Morgan fingerprint density at radius 2 is 1.92 bits per heavy atom. The average molecular weight is 347 g/mol.